The van der Waals surface area contributed by atoms with E-state index in [2.05, 4.69) is 0 Å². The molecule has 0 radical (unpaired) electrons. The molecule has 0 amide bonds. The van der Waals surface area contributed by atoms with Crippen LogP contribution < -0.4 is 0 Å². The molecule has 0 aliphatic carbocycles. The molecule has 0 atom stereocenters. The third kappa shape index (κ3) is 8.88. The van der Waals surface area contributed by atoms with E-state index in [4.69, 9.17) is 15.1 Å². The van der Waals surface area contributed by atoms with Gasteiger partial charge >= 0.3 is 7.32 Å². The molecule has 3 nitrogen and oxygen atoms in total. The van der Waals surface area contributed by atoms with Crippen molar-refractivity contribution in [2.45, 2.75) is 0 Å². The van der Waals surface area contributed by atoms with E-state index in [1.807, 2.05) is 0 Å². The quantitative estimate of drug-likeness (QED) is 0.283. The molecule has 1 aromatic carbocycles. The number of hydrogen-bond acceptors (Lipinski definition) is 3. The standard InChI is InChI=1S/C6HF5.BH3O3.3H2S/c7-2-1-3(8)5(10)6(11)4(2)9;2-1(3)4;;;/h1H;2-4H;3*1H2. The monoisotopic (exact) mass is 332 g/mol. The van der Waals surface area contributed by atoms with Crippen LogP contribution in [0.2, 0.25) is 0 Å². The minimum absolute atomic E-state index is 0. The second-order valence-electron chi connectivity index (χ2n) is 2.13. The molecule has 0 spiro atoms. The van der Waals surface area contributed by atoms with Gasteiger partial charge in [-0.1, -0.05) is 0 Å². The Labute approximate surface area is 120 Å². The van der Waals surface area contributed by atoms with Crippen LogP contribution in [0.1, 0.15) is 0 Å². The van der Waals surface area contributed by atoms with Crippen molar-refractivity contribution in [3.63, 3.8) is 0 Å². The lowest BCUT2D eigenvalue weighted by Crippen LogP contribution is -2.07. The summed E-state index contributed by atoms with van der Waals surface area (Å²) in [5.74, 6) is -9.65. The van der Waals surface area contributed by atoms with Gasteiger partial charge in [0.2, 0.25) is 5.82 Å². The van der Waals surface area contributed by atoms with Crippen LogP contribution in [0.3, 0.4) is 0 Å². The highest BCUT2D eigenvalue weighted by atomic mass is 32.1. The number of benzene rings is 1. The minimum atomic E-state index is -2.17. The van der Waals surface area contributed by atoms with Gasteiger partial charge in [0.15, 0.2) is 23.3 Å². The van der Waals surface area contributed by atoms with Crippen molar-refractivity contribution in [3.8, 4) is 0 Å². The van der Waals surface area contributed by atoms with Gasteiger partial charge in [-0.15, -0.1) is 0 Å². The summed E-state index contributed by atoms with van der Waals surface area (Å²) in [4.78, 5) is 0. The lowest BCUT2D eigenvalue weighted by atomic mass is 10.3. The number of halogens is 5. The maximum atomic E-state index is 12.0. The Morgan fingerprint density at radius 3 is 1.11 bits per heavy atom. The van der Waals surface area contributed by atoms with Gasteiger partial charge in [-0.25, -0.2) is 22.0 Å². The highest BCUT2D eigenvalue weighted by molar-refractivity contribution is 7.59. The van der Waals surface area contributed by atoms with E-state index in [-0.39, 0.29) is 46.6 Å². The van der Waals surface area contributed by atoms with Crippen molar-refractivity contribution >= 4 is 47.8 Å². The van der Waals surface area contributed by atoms with E-state index in [1.54, 1.807) is 0 Å². The molecular formula is C6H10BF5O3S3. The Bertz CT molecular complexity index is 329. The van der Waals surface area contributed by atoms with Gasteiger partial charge < -0.3 is 15.1 Å². The highest BCUT2D eigenvalue weighted by Crippen LogP contribution is 2.16. The van der Waals surface area contributed by atoms with Crippen molar-refractivity contribution in [3.05, 3.63) is 35.2 Å². The maximum absolute atomic E-state index is 12.0. The fourth-order valence-corrected chi connectivity index (χ4v) is 0.544. The van der Waals surface area contributed by atoms with Crippen LogP contribution in [0.4, 0.5) is 22.0 Å². The summed E-state index contributed by atoms with van der Waals surface area (Å²) in [6.45, 7) is 0. The number of rotatable bonds is 0. The van der Waals surface area contributed by atoms with E-state index >= 15 is 0 Å². The van der Waals surface area contributed by atoms with E-state index < -0.39 is 36.4 Å². The molecule has 0 aliphatic heterocycles. The molecule has 0 fully saturated rings. The van der Waals surface area contributed by atoms with E-state index in [0.717, 1.165) is 0 Å². The van der Waals surface area contributed by atoms with Gasteiger partial charge in [0.1, 0.15) is 0 Å². The average Bonchev–Trinajstić information content (AvgIpc) is 2.11. The fourth-order valence-electron chi connectivity index (χ4n) is 0.544. The molecular weight excluding hydrogens is 322 g/mol. The predicted octanol–water partition coefficient (Wildman–Crippen LogP) is 0.669. The molecule has 108 valence electrons. The summed E-state index contributed by atoms with van der Waals surface area (Å²) >= 11 is 0. The SMILES string of the molecule is Fc1cc(F)c(F)c(F)c1F.OB(O)O.S.S.S. The summed E-state index contributed by atoms with van der Waals surface area (Å²) in [7, 11) is -2.17. The summed E-state index contributed by atoms with van der Waals surface area (Å²) < 4.78 is 60.0. The molecule has 0 bridgehead atoms. The van der Waals surface area contributed by atoms with Crippen LogP contribution in [-0.4, -0.2) is 22.4 Å². The molecule has 0 unspecified atom stereocenters. The lowest BCUT2D eigenvalue weighted by molar-refractivity contribution is 0.278. The van der Waals surface area contributed by atoms with Gasteiger partial charge in [0.25, 0.3) is 0 Å². The molecule has 0 aliphatic rings. The zero-order chi connectivity index (χ0) is 12.2. The third-order valence-corrected chi connectivity index (χ3v) is 1.06. The lowest BCUT2D eigenvalue weighted by Gasteiger charge is -1.96. The molecule has 1 rings (SSSR count). The zero-order valence-corrected chi connectivity index (χ0v) is 11.4. The van der Waals surface area contributed by atoms with E-state index in [1.165, 1.54) is 0 Å². The molecule has 0 saturated carbocycles. The minimum Gasteiger partial charge on any atom is -0.402 e. The first kappa shape index (κ1) is 26.4. The van der Waals surface area contributed by atoms with Crippen molar-refractivity contribution in [1.29, 1.82) is 0 Å². The van der Waals surface area contributed by atoms with E-state index in [0.29, 0.717) is 0 Å². The molecule has 0 aromatic heterocycles. The van der Waals surface area contributed by atoms with Gasteiger partial charge in [0.05, 0.1) is 0 Å². The summed E-state index contributed by atoms with van der Waals surface area (Å²) in [5.41, 5.74) is 0. The van der Waals surface area contributed by atoms with Crippen LogP contribution in [0.15, 0.2) is 6.07 Å². The van der Waals surface area contributed by atoms with Gasteiger partial charge in [-0.2, -0.15) is 40.5 Å². The van der Waals surface area contributed by atoms with Crippen molar-refractivity contribution in [2.75, 3.05) is 0 Å². The average molecular weight is 332 g/mol. The van der Waals surface area contributed by atoms with Crippen molar-refractivity contribution in [1.82, 2.24) is 0 Å². The Balaban J connectivity index is -0.000000125. The fraction of sp³-hybridized carbons (Fsp3) is 0. The molecule has 3 N–H and O–H groups in total. The van der Waals surface area contributed by atoms with Crippen molar-refractivity contribution < 1.29 is 37.0 Å². The Morgan fingerprint density at radius 1 is 0.667 bits per heavy atom. The maximum Gasteiger partial charge on any atom is 0.631 e. The molecule has 1 aromatic rings. The molecule has 12 heteroatoms. The topological polar surface area (TPSA) is 60.7 Å². The predicted molar refractivity (Wildman–Crippen MR) is 69.8 cm³/mol. The zero-order valence-electron chi connectivity index (χ0n) is 8.39. The Kier molecular flexibility index (Phi) is 17.5. The number of hydrogen-bond donors (Lipinski definition) is 3. The first-order chi connectivity index (χ1) is 6.77. The van der Waals surface area contributed by atoms with Crippen LogP contribution in [0, 0.1) is 29.1 Å². The highest BCUT2D eigenvalue weighted by Gasteiger charge is 2.18. The van der Waals surface area contributed by atoms with Crippen LogP contribution in [-0.2, 0) is 0 Å². The molecule has 18 heavy (non-hydrogen) atoms. The second kappa shape index (κ2) is 11.9. The summed E-state index contributed by atoms with van der Waals surface area (Å²) in [5, 5.41) is 21.5. The Morgan fingerprint density at radius 2 is 0.889 bits per heavy atom. The van der Waals surface area contributed by atoms with Crippen molar-refractivity contribution in [2.24, 2.45) is 0 Å². The largest absolute Gasteiger partial charge is 0.631 e. The normalized spacial score (nSPS) is 7.78. The smallest absolute Gasteiger partial charge is 0.402 e. The van der Waals surface area contributed by atoms with Crippen LogP contribution in [0.5, 0.6) is 0 Å². The molecule has 0 saturated heterocycles. The molecule has 0 heterocycles. The van der Waals surface area contributed by atoms with Crippen LogP contribution >= 0.6 is 40.5 Å². The first-order valence-corrected chi connectivity index (χ1v) is 3.30. The van der Waals surface area contributed by atoms with E-state index in [9.17, 15) is 22.0 Å². The first-order valence-electron chi connectivity index (χ1n) is 3.30. The van der Waals surface area contributed by atoms with Gasteiger partial charge in [0, 0.05) is 6.07 Å². The third-order valence-electron chi connectivity index (χ3n) is 1.06. The summed E-state index contributed by atoms with van der Waals surface area (Å²) in [6, 6.07) is -0.0618. The Hall–Kier alpha value is -0.135. The van der Waals surface area contributed by atoms with Gasteiger partial charge in [-0.05, 0) is 0 Å². The summed E-state index contributed by atoms with van der Waals surface area (Å²) in [6.07, 6.45) is 0. The van der Waals surface area contributed by atoms with Gasteiger partial charge in [-0.3, -0.25) is 0 Å². The van der Waals surface area contributed by atoms with Crippen LogP contribution in [0.25, 0.3) is 0 Å². The second-order valence-corrected chi connectivity index (χ2v) is 2.13.